The van der Waals surface area contributed by atoms with E-state index in [0.29, 0.717) is 17.5 Å². The highest BCUT2D eigenvalue weighted by atomic mass is 16.3. The molecule has 0 radical (unpaired) electrons. The second-order valence-corrected chi connectivity index (χ2v) is 11.9. The molecular weight excluding hydrogens is 587 g/mol. The molecule has 0 saturated heterocycles. The van der Waals surface area contributed by atoms with E-state index >= 15 is 0 Å². The number of hydrogen-bond acceptors (Lipinski definition) is 4. The number of para-hydroxylation sites is 1. The van der Waals surface area contributed by atoms with Gasteiger partial charge in [0.2, 0.25) is 0 Å². The zero-order chi connectivity index (χ0) is 32.3. The van der Waals surface area contributed by atoms with Crippen LogP contribution in [0.15, 0.2) is 174 Å². The van der Waals surface area contributed by atoms with Crippen molar-refractivity contribution in [1.82, 2.24) is 15.0 Å². The summed E-state index contributed by atoms with van der Waals surface area (Å²) in [6.45, 7) is 3.99. The standard InChI is InChI=1S/C44H33N3O/c1-2-31-15-9-10-16-32(31)21-13-14-30-24-26-35(27-25-30)43-45-42(34-19-7-4-8-20-34)46-44(47-43)38-29-28-36(33-17-5-3-6-18-33)41-40(38)37-22-11-12-23-39(37)48-41/h2-8,10-13,16-29H,1,9,14-15H2/b21-13-. The molecule has 0 atom stereocenters. The molecule has 8 rings (SSSR count). The van der Waals surface area contributed by atoms with Crippen LogP contribution in [0.1, 0.15) is 18.4 Å². The van der Waals surface area contributed by atoms with Gasteiger partial charge < -0.3 is 4.42 Å². The summed E-state index contributed by atoms with van der Waals surface area (Å²) in [5, 5.41) is 2.02. The summed E-state index contributed by atoms with van der Waals surface area (Å²) in [6.07, 6.45) is 13.8. The van der Waals surface area contributed by atoms with Gasteiger partial charge in [-0.3, -0.25) is 0 Å². The molecule has 1 aliphatic carbocycles. The van der Waals surface area contributed by atoms with Crippen LogP contribution in [0.25, 0.3) is 67.2 Å². The fourth-order valence-corrected chi connectivity index (χ4v) is 6.40. The Morgan fingerprint density at radius 1 is 0.646 bits per heavy atom. The van der Waals surface area contributed by atoms with E-state index in [1.807, 2.05) is 72.8 Å². The van der Waals surface area contributed by atoms with Gasteiger partial charge in [-0.2, -0.15) is 0 Å². The van der Waals surface area contributed by atoms with Gasteiger partial charge in [0.25, 0.3) is 0 Å². The lowest BCUT2D eigenvalue weighted by Gasteiger charge is -2.11. The summed E-state index contributed by atoms with van der Waals surface area (Å²) in [5.74, 6) is 1.86. The average molecular weight is 620 g/mol. The Bertz CT molecular complexity index is 2360. The predicted molar refractivity (Wildman–Crippen MR) is 197 cm³/mol. The van der Waals surface area contributed by atoms with Crippen molar-refractivity contribution < 1.29 is 4.42 Å². The molecule has 2 heterocycles. The summed E-state index contributed by atoms with van der Waals surface area (Å²) in [7, 11) is 0. The van der Waals surface area contributed by atoms with Crippen LogP contribution >= 0.6 is 0 Å². The molecule has 0 unspecified atom stereocenters. The van der Waals surface area contributed by atoms with Gasteiger partial charge in [-0.05, 0) is 59.7 Å². The molecule has 2 aromatic heterocycles. The molecule has 0 N–H and O–H groups in total. The zero-order valence-corrected chi connectivity index (χ0v) is 26.5. The number of aromatic nitrogens is 3. The second-order valence-electron chi connectivity index (χ2n) is 11.9. The third-order valence-corrected chi connectivity index (χ3v) is 8.88. The van der Waals surface area contributed by atoms with Gasteiger partial charge in [-0.25, -0.2) is 15.0 Å². The van der Waals surface area contributed by atoms with E-state index in [1.54, 1.807) is 0 Å². The van der Waals surface area contributed by atoms with E-state index in [9.17, 15) is 0 Å². The van der Waals surface area contributed by atoms with E-state index in [-0.39, 0.29) is 0 Å². The highest BCUT2D eigenvalue weighted by molar-refractivity contribution is 6.15. The molecule has 230 valence electrons. The van der Waals surface area contributed by atoms with Crippen molar-refractivity contribution in [3.63, 3.8) is 0 Å². The Morgan fingerprint density at radius 3 is 2.04 bits per heavy atom. The Morgan fingerprint density at radius 2 is 1.29 bits per heavy atom. The highest BCUT2D eigenvalue weighted by Gasteiger charge is 2.20. The van der Waals surface area contributed by atoms with Gasteiger partial charge in [-0.1, -0.05) is 140 Å². The molecule has 0 saturated carbocycles. The molecule has 0 bridgehead atoms. The first kappa shape index (κ1) is 29.3. The number of benzene rings is 5. The van der Waals surface area contributed by atoms with Crippen molar-refractivity contribution in [1.29, 1.82) is 0 Å². The molecule has 1 aliphatic rings. The maximum Gasteiger partial charge on any atom is 0.164 e. The van der Waals surface area contributed by atoms with Gasteiger partial charge in [0.05, 0.1) is 0 Å². The first-order valence-corrected chi connectivity index (χ1v) is 16.3. The first-order chi connectivity index (χ1) is 23.7. The largest absolute Gasteiger partial charge is 0.455 e. The molecule has 7 aromatic rings. The lowest BCUT2D eigenvalue weighted by atomic mass is 9.97. The molecular formula is C44H33N3O. The number of fused-ring (bicyclic) bond motifs is 3. The third-order valence-electron chi connectivity index (χ3n) is 8.88. The van der Waals surface area contributed by atoms with Gasteiger partial charge in [0.15, 0.2) is 17.5 Å². The third kappa shape index (κ3) is 5.69. The molecule has 0 aliphatic heterocycles. The Labute approximate surface area is 280 Å². The summed E-state index contributed by atoms with van der Waals surface area (Å²) < 4.78 is 6.54. The van der Waals surface area contributed by atoms with Crippen LogP contribution in [-0.2, 0) is 6.42 Å². The van der Waals surface area contributed by atoms with Crippen molar-refractivity contribution in [2.24, 2.45) is 0 Å². The summed E-state index contributed by atoms with van der Waals surface area (Å²) >= 11 is 0. The lowest BCUT2D eigenvalue weighted by Crippen LogP contribution is -2.00. The van der Waals surface area contributed by atoms with Gasteiger partial charge in [0, 0.05) is 33.0 Å². The van der Waals surface area contributed by atoms with Crippen molar-refractivity contribution in [3.05, 3.63) is 175 Å². The first-order valence-electron chi connectivity index (χ1n) is 16.3. The van der Waals surface area contributed by atoms with Crippen LogP contribution in [-0.4, -0.2) is 15.0 Å². The summed E-state index contributed by atoms with van der Waals surface area (Å²) in [5.41, 5.74) is 10.3. The molecule has 0 amide bonds. The fourth-order valence-electron chi connectivity index (χ4n) is 6.40. The smallest absolute Gasteiger partial charge is 0.164 e. The normalized spacial score (nSPS) is 13.2. The highest BCUT2D eigenvalue weighted by Crippen LogP contribution is 2.41. The molecule has 0 spiro atoms. The van der Waals surface area contributed by atoms with Crippen LogP contribution in [0.4, 0.5) is 0 Å². The Hall–Kier alpha value is -6.13. The topological polar surface area (TPSA) is 51.8 Å². The number of furan rings is 1. The molecule has 4 heteroatoms. The van der Waals surface area contributed by atoms with Crippen LogP contribution in [0.5, 0.6) is 0 Å². The molecule has 4 nitrogen and oxygen atoms in total. The van der Waals surface area contributed by atoms with Crippen molar-refractivity contribution in [3.8, 4) is 45.3 Å². The minimum absolute atomic E-state index is 0.605. The van der Waals surface area contributed by atoms with E-state index in [1.165, 1.54) is 16.7 Å². The number of nitrogens with zero attached hydrogens (tertiary/aromatic N) is 3. The van der Waals surface area contributed by atoms with Crippen LogP contribution in [0, 0.1) is 0 Å². The molecule has 0 fully saturated rings. The van der Waals surface area contributed by atoms with E-state index in [2.05, 4.69) is 85.5 Å². The Balaban J connectivity index is 1.22. The Kier molecular flexibility index (Phi) is 7.89. The summed E-state index contributed by atoms with van der Waals surface area (Å²) in [6, 6.07) is 41.3. The molecule has 48 heavy (non-hydrogen) atoms. The van der Waals surface area contributed by atoms with Crippen molar-refractivity contribution >= 4 is 21.9 Å². The van der Waals surface area contributed by atoms with E-state index < -0.39 is 0 Å². The number of allylic oxidation sites excluding steroid dienone is 7. The van der Waals surface area contributed by atoms with E-state index in [0.717, 1.165) is 69.0 Å². The van der Waals surface area contributed by atoms with Crippen molar-refractivity contribution in [2.45, 2.75) is 19.3 Å². The zero-order valence-electron chi connectivity index (χ0n) is 26.5. The average Bonchev–Trinajstić information content (AvgIpc) is 3.55. The van der Waals surface area contributed by atoms with Gasteiger partial charge in [-0.15, -0.1) is 0 Å². The van der Waals surface area contributed by atoms with Crippen LogP contribution in [0.3, 0.4) is 0 Å². The number of hydrogen-bond donors (Lipinski definition) is 0. The van der Waals surface area contributed by atoms with Gasteiger partial charge >= 0.3 is 0 Å². The fraction of sp³-hybridized carbons (Fsp3) is 0.0682. The molecule has 5 aromatic carbocycles. The van der Waals surface area contributed by atoms with Crippen LogP contribution in [0.2, 0.25) is 0 Å². The maximum atomic E-state index is 6.54. The summed E-state index contributed by atoms with van der Waals surface area (Å²) in [4.78, 5) is 15.2. The van der Waals surface area contributed by atoms with Crippen LogP contribution < -0.4 is 0 Å². The quantitative estimate of drug-likeness (QED) is 0.170. The predicted octanol–water partition coefficient (Wildman–Crippen LogP) is 11.4. The minimum Gasteiger partial charge on any atom is -0.455 e. The minimum atomic E-state index is 0.605. The lowest BCUT2D eigenvalue weighted by molar-refractivity contribution is 0.670. The van der Waals surface area contributed by atoms with Gasteiger partial charge in [0.1, 0.15) is 11.2 Å². The van der Waals surface area contributed by atoms with E-state index in [4.69, 9.17) is 19.4 Å². The second kappa shape index (κ2) is 12.9. The SMILES string of the molecule is C=CC1=C(/C=C\Cc2ccc(-c3nc(-c4ccccc4)nc(-c4ccc(-c5ccccc5)c5oc6ccccc6c45)n3)cc2)C=CCC1. The maximum absolute atomic E-state index is 6.54. The monoisotopic (exact) mass is 619 g/mol. The number of rotatable bonds is 8. The van der Waals surface area contributed by atoms with Crippen molar-refractivity contribution in [2.75, 3.05) is 0 Å².